The Morgan fingerprint density at radius 2 is 2.23 bits per heavy atom. The van der Waals surface area contributed by atoms with E-state index in [2.05, 4.69) is 20.9 Å². The first kappa shape index (κ1) is 9.85. The Morgan fingerprint density at radius 1 is 1.69 bits per heavy atom. The highest BCUT2D eigenvalue weighted by molar-refractivity contribution is 9.10. The minimum absolute atomic E-state index is 0.200. The van der Waals surface area contributed by atoms with Crippen LogP contribution in [-0.4, -0.2) is 15.0 Å². The molecule has 0 saturated carbocycles. The molecule has 1 N–H and O–H groups in total. The second kappa shape index (κ2) is 3.25. The fraction of sp³-hybridized carbons (Fsp3) is 0.167. The van der Waals surface area contributed by atoms with E-state index in [0.717, 1.165) is 0 Å². The number of rotatable bonds is 1. The zero-order valence-corrected chi connectivity index (χ0v) is 8.00. The van der Waals surface area contributed by atoms with Crippen LogP contribution < -0.4 is 0 Å². The van der Waals surface area contributed by atoms with Gasteiger partial charge in [-0.25, -0.2) is 4.39 Å². The molecule has 0 bridgehead atoms. The number of halogens is 2. The molecule has 7 heteroatoms. The predicted molar refractivity (Wildman–Crippen MR) is 45.0 cm³/mol. The molecule has 0 saturated heterocycles. The van der Waals surface area contributed by atoms with E-state index >= 15 is 0 Å². The lowest BCUT2D eigenvalue weighted by Crippen LogP contribution is -1.98. The summed E-state index contributed by atoms with van der Waals surface area (Å²) in [5.74, 6) is -2.31. The third-order valence-electron chi connectivity index (χ3n) is 1.45. The van der Waals surface area contributed by atoms with Crippen LogP contribution in [-0.2, 0) is 0 Å². The molecule has 0 amide bonds. The van der Waals surface area contributed by atoms with Gasteiger partial charge in [-0.1, -0.05) is 0 Å². The van der Waals surface area contributed by atoms with E-state index in [1.807, 2.05) is 0 Å². The summed E-state index contributed by atoms with van der Waals surface area (Å²) < 4.78 is 12.7. The maximum Gasteiger partial charge on any atom is 0.407 e. The third-order valence-corrected chi connectivity index (χ3v) is 1.98. The zero-order valence-electron chi connectivity index (χ0n) is 6.41. The van der Waals surface area contributed by atoms with Crippen LogP contribution in [0.15, 0.2) is 4.60 Å². The van der Waals surface area contributed by atoms with Crippen molar-refractivity contribution < 1.29 is 14.4 Å². The molecule has 1 heterocycles. The van der Waals surface area contributed by atoms with Crippen molar-refractivity contribution in [3.8, 4) is 5.75 Å². The Bertz CT molecular complexity index is 383. The smallest absolute Gasteiger partial charge is 0.407 e. The van der Waals surface area contributed by atoms with Gasteiger partial charge < -0.3 is 15.2 Å². The molecule has 0 unspecified atom stereocenters. The number of pyridine rings is 1. The van der Waals surface area contributed by atoms with Gasteiger partial charge in [-0.05, 0) is 16.8 Å². The number of aromatic nitrogens is 1. The molecule has 0 fully saturated rings. The number of nitrogens with zero attached hydrogens (tertiary/aromatic N) is 2. The van der Waals surface area contributed by atoms with Crippen molar-refractivity contribution >= 4 is 21.7 Å². The van der Waals surface area contributed by atoms with E-state index in [0.29, 0.717) is 0 Å². The van der Waals surface area contributed by atoms with Gasteiger partial charge in [-0.15, -0.1) is 0 Å². The van der Waals surface area contributed by atoms with Gasteiger partial charge in [0, 0.05) is 21.5 Å². The minimum Gasteiger partial charge on any atom is -0.501 e. The van der Waals surface area contributed by atoms with E-state index in [1.54, 1.807) is 0 Å². The summed E-state index contributed by atoms with van der Waals surface area (Å²) in [5.41, 5.74) is -0.200. The normalized spacial score (nSPS) is 10.1. The molecular formula is C6H4BrFN2O3. The average Bonchev–Trinajstić information content (AvgIpc) is 2.07. The Labute approximate surface area is 80.5 Å². The van der Waals surface area contributed by atoms with Gasteiger partial charge in [-0.2, -0.15) is 0 Å². The average molecular weight is 251 g/mol. The van der Waals surface area contributed by atoms with E-state index in [9.17, 15) is 14.5 Å². The number of hydrogen-bond donors (Lipinski definition) is 1. The lowest BCUT2D eigenvalue weighted by molar-refractivity contribution is -0.390. The molecular weight excluding hydrogens is 247 g/mol. The maximum atomic E-state index is 12.9. The summed E-state index contributed by atoms with van der Waals surface area (Å²) >= 11 is 2.70. The summed E-state index contributed by atoms with van der Waals surface area (Å²) in [5, 5.41) is 19.4. The highest BCUT2D eigenvalue weighted by Gasteiger charge is 2.24. The topological polar surface area (TPSA) is 76.3 Å². The molecule has 1 aromatic rings. The Kier molecular flexibility index (Phi) is 2.46. The summed E-state index contributed by atoms with van der Waals surface area (Å²) in [6.07, 6.45) is 0. The largest absolute Gasteiger partial charge is 0.501 e. The molecule has 5 nitrogen and oxygen atoms in total. The maximum absolute atomic E-state index is 12.9. The van der Waals surface area contributed by atoms with Gasteiger partial charge in [0.05, 0.1) is 0 Å². The SMILES string of the molecule is Cc1c(O)c([N+](=O)[O-])nc(Br)c1F. The summed E-state index contributed by atoms with van der Waals surface area (Å²) in [4.78, 5) is 12.6. The summed E-state index contributed by atoms with van der Waals surface area (Å²) in [6.45, 7) is 1.23. The van der Waals surface area contributed by atoms with Crippen LogP contribution in [0.5, 0.6) is 5.75 Å². The van der Waals surface area contributed by atoms with Crippen LogP contribution in [0.3, 0.4) is 0 Å². The first-order valence-corrected chi connectivity index (χ1v) is 3.93. The van der Waals surface area contributed by atoms with Crippen molar-refractivity contribution in [2.24, 2.45) is 0 Å². The van der Waals surface area contributed by atoms with Crippen molar-refractivity contribution in [1.29, 1.82) is 0 Å². The molecule has 0 aromatic carbocycles. The molecule has 0 atom stereocenters. The molecule has 1 rings (SSSR count). The molecule has 0 spiro atoms. The van der Waals surface area contributed by atoms with Gasteiger partial charge in [0.1, 0.15) is 0 Å². The fourth-order valence-electron chi connectivity index (χ4n) is 0.749. The van der Waals surface area contributed by atoms with Crippen molar-refractivity contribution in [2.45, 2.75) is 6.92 Å². The second-order valence-electron chi connectivity index (χ2n) is 2.27. The third kappa shape index (κ3) is 1.59. The molecule has 1 aromatic heterocycles. The quantitative estimate of drug-likeness (QED) is 0.469. The fourth-order valence-corrected chi connectivity index (χ4v) is 1.21. The molecule has 0 aliphatic rings. The van der Waals surface area contributed by atoms with Crippen LogP contribution in [0.1, 0.15) is 5.56 Å². The standard InChI is InChI=1S/C6H4BrFN2O3/c1-2-3(8)5(7)9-6(4(2)11)10(12)13/h11H,1H3. The predicted octanol–water partition coefficient (Wildman–Crippen LogP) is 1.91. The highest BCUT2D eigenvalue weighted by atomic mass is 79.9. The summed E-state index contributed by atoms with van der Waals surface area (Å²) in [7, 11) is 0. The Balaban J connectivity index is 3.50. The highest BCUT2D eigenvalue weighted by Crippen LogP contribution is 2.32. The van der Waals surface area contributed by atoms with Crippen LogP contribution in [0.25, 0.3) is 0 Å². The number of aromatic hydroxyl groups is 1. The summed E-state index contributed by atoms with van der Waals surface area (Å²) in [6, 6.07) is 0. The molecule has 13 heavy (non-hydrogen) atoms. The first-order chi connectivity index (χ1) is 5.95. The number of nitro groups is 1. The van der Waals surface area contributed by atoms with Crippen molar-refractivity contribution in [1.82, 2.24) is 4.98 Å². The molecule has 70 valence electrons. The number of hydrogen-bond acceptors (Lipinski definition) is 4. The molecule has 0 aliphatic heterocycles. The molecule has 0 radical (unpaired) electrons. The zero-order chi connectivity index (χ0) is 10.2. The van der Waals surface area contributed by atoms with Crippen molar-refractivity contribution in [3.63, 3.8) is 0 Å². The van der Waals surface area contributed by atoms with Gasteiger partial charge in [-0.3, -0.25) is 0 Å². The lowest BCUT2D eigenvalue weighted by atomic mass is 10.2. The minimum atomic E-state index is -0.882. The van der Waals surface area contributed by atoms with Crippen molar-refractivity contribution in [3.05, 3.63) is 26.1 Å². The van der Waals surface area contributed by atoms with Gasteiger partial charge in [0.2, 0.25) is 5.75 Å². The van der Waals surface area contributed by atoms with Gasteiger partial charge in [0.25, 0.3) is 4.60 Å². The van der Waals surface area contributed by atoms with Crippen LogP contribution in [0.2, 0.25) is 0 Å². The van der Waals surface area contributed by atoms with E-state index in [1.165, 1.54) is 6.92 Å². The Hall–Kier alpha value is -1.24. The van der Waals surface area contributed by atoms with Gasteiger partial charge in [0.15, 0.2) is 5.82 Å². The monoisotopic (exact) mass is 250 g/mol. The lowest BCUT2D eigenvalue weighted by Gasteiger charge is -2.00. The van der Waals surface area contributed by atoms with Crippen LogP contribution in [0.4, 0.5) is 10.2 Å². The van der Waals surface area contributed by atoms with Crippen LogP contribution >= 0.6 is 15.9 Å². The van der Waals surface area contributed by atoms with Crippen LogP contribution in [0, 0.1) is 22.9 Å². The van der Waals surface area contributed by atoms with Gasteiger partial charge >= 0.3 is 5.82 Å². The van der Waals surface area contributed by atoms with E-state index in [-0.39, 0.29) is 10.2 Å². The van der Waals surface area contributed by atoms with E-state index < -0.39 is 22.3 Å². The van der Waals surface area contributed by atoms with Crippen molar-refractivity contribution in [2.75, 3.05) is 0 Å². The second-order valence-corrected chi connectivity index (χ2v) is 3.02. The first-order valence-electron chi connectivity index (χ1n) is 3.14. The van der Waals surface area contributed by atoms with E-state index in [4.69, 9.17) is 5.11 Å². The molecule has 0 aliphatic carbocycles. The Morgan fingerprint density at radius 3 is 2.69 bits per heavy atom.